The van der Waals surface area contributed by atoms with Gasteiger partial charge in [0.1, 0.15) is 0 Å². The molecule has 4 rings (SSSR count). The second-order valence-electron chi connectivity index (χ2n) is 5.65. The maximum absolute atomic E-state index is 10.8. The molecule has 2 bridgehead atoms. The number of hydrogen-bond donors (Lipinski definition) is 1. The highest BCUT2D eigenvalue weighted by atomic mass is 16.6. The molecule has 0 amide bonds. The van der Waals surface area contributed by atoms with Crippen molar-refractivity contribution in [3.05, 3.63) is 39.9 Å². The molecule has 0 aliphatic heterocycles. The third-order valence-corrected chi connectivity index (χ3v) is 4.36. The molecular weight excluding hydrogens is 216 g/mol. The van der Waals surface area contributed by atoms with Crippen LogP contribution in [-0.4, -0.2) is 18.5 Å². The molecule has 0 saturated heterocycles. The number of rotatable bonds is 4. The molecule has 3 saturated carbocycles. The predicted octanol–water partition coefficient (Wildman–Crippen LogP) is 2.24. The summed E-state index contributed by atoms with van der Waals surface area (Å²) in [5.74, 6) is 0. The fraction of sp³-hybridized carbons (Fsp3) is 0.538. The Morgan fingerprint density at radius 1 is 1.41 bits per heavy atom. The average molecular weight is 232 g/mol. The molecule has 90 valence electrons. The monoisotopic (exact) mass is 232 g/mol. The van der Waals surface area contributed by atoms with Crippen LogP contribution in [0.25, 0.3) is 0 Å². The Bertz CT molecular complexity index is 464. The molecule has 0 heterocycles. The summed E-state index contributed by atoms with van der Waals surface area (Å²) in [6.45, 7) is 1.07. The van der Waals surface area contributed by atoms with Crippen LogP contribution >= 0.6 is 0 Å². The van der Waals surface area contributed by atoms with E-state index in [0.717, 1.165) is 12.1 Å². The van der Waals surface area contributed by atoms with Gasteiger partial charge >= 0.3 is 0 Å². The summed E-state index contributed by atoms with van der Waals surface area (Å²) in [5.41, 5.74) is 2.11. The molecule has 17 heavy (non-hydrogen) atoms. The minimum Gasteiger partial charge on any atom is -0.319 e. The standard InChI is InChI=1S/C13H16N2O2/c1-14-9-12-6-13(7-12,8-12)10-3-2-4-11(5-10)15(16)17/h2-5,14H,6-9H2,1H3. The normalized spacial score (nSPS) is 33.7. The van der Waals surface area contributed by atoms with Crippen molar-refractivity contribution in [1.82, 2.24) is 5.32 Å². The average Bonchev–Trinajstić information content (AvgIpc) is 2.21. The van der Waals surface area contributed by atoms with Gasteiger partial charge in [0.2, 0.25) is 0 Å². The number of benzene rings is 1. The van der Waals surface area contributed by atoms with Crippen molar-refractivity contribution in [1.29, 1.82) is 0 Å². The van der Waals surface area contributed by atoms with Crippen molar-refractivity contribution < 1.29 is 4.92 Å². The van der Waals surface area contributed by atoms with Gasteiger partial charge in [0.05, 0.1) is 4.92 Å². The Kier molecular flexibility index (Phi) is 2.08. The molecule has 0 unspecified atom stereocenters. The number of non-ortho nitro benzene ring substituents is 1. The van der Waals surface area contributed by atoms with Gasteiger partial charge in [-0.15, -0.1) is 0 Å². The highest BCUT2D eigenvalue weighted by Gasteiger charge is 2.67. The van der Waals surface area contributed by atoms with Crippen molar-refractivity contribution >= 4 is 5.69 Å². The molecule has 3 aliphatic rings. The molecule has 0 aromatic heterocycles. The summed E-state index contributed by atoms with van der Waals surface area (Å²) in [7, 11) is 1.99. The van der Waals surface area contributed by atoms with E-state index < -0.39 is 0 Å². The highest BCUT2D eigenvalue weighted by Crippen LogP contribution is 2.73. The number of nitro benzene ring substituents is 1. The van der Waals surface area contributed by atoms with Gasteiger partial charge in [-0.1, -0.05) is 12.1 Å². The predicted molar refractivity (Wildman–Crippen MR) is 65.0 cm³/mol. The van der Waals surface area contributed by atoms with Crippen LogP contribution in [0.2, 0.25) is 0 Å². The van der Waals surface area contributed by atoms with E-state index >= 15 is 0 Å². The summed E-state index contributed by atoms with van der Waals surface area (Å²) in [6, 6.07) is 7.16. The van der Waals surface area contributed by atoms with Crippen LogP contribution in [0, 0.1) is 15.5 Å². The van der Waals surface area contributed by atoms with E-state index in [2.05, 4.69) is 5.32 Å². The molecule has 1 aromatic rings. The van der Waals surface area contributed by atoms with E-state index in [0.29, 0.717) is 5.41 Å². The first-order chi connectivity index (χ1) is 8.09. The molecule has 3 fully saturated rings. The largest absolute Gasteiger partial charge is 0.319 e. The van der Waals surface area contributed by atoms with Crippen molar-refractivity contribution in [3.8, 4) is 0 Å². The van der Waals surface area contributed by atoms with E-state index in [1.54, 1.807) is 18.2 Å². The van der Waals surface area contributed by atoms with Crippen molar-refractivity contribution in [2.24, 2.45) is 5.41 Å². The van der Waals surface area contributed by atoms with E-state index in [1.807, 2.05) is 13.1 Å². The molecule has 0 radical (unpaired) electrons. The summed E-state index contributed by atoms with van der Waals surface area (Å²) in [5, 5.41) is 14.0. The van der Waals surface area contributed by atoms with Crippen LogP contribution in [0.5, 0.6) is 0 Å². The van der Waals surface area contributed by atoms with Gasteiger partial charge in [-0.3, -0.25) is 10.1 Å². The zero-order valence-corrected chi connectivity index (χ0v) is 9.90. The maximum Gasteiger partial charge on any atom is 0.269 e. The number of nitrogens with zero attached hydrogens (tertiary/aromatic N) is 1. The Labute approximate surface area is 100 Å². The van der Waals surface area contributed by atoms with Crippen LogP contribution in [-0.2, 0) is 5.41 Å². The third-order valence-electron chi connectivity index (χ3n) is 4.36. The van der Waals surface area contributed by atoms with Gasteiger partial charge < -0.3 is 5.32 Å². The molecule has 4 heteroatoms. The number of nitrogens with one attached hydrogen (secondary N) is 1. The topological polar surface area (TPSA) is 55.2 Å². The lowest BCUT2D eigenvalue weighted by Crippen LogP contribution is -2.67. The number of nitro groups is 1. The number of hydrogen-bond acceptors (Lipinski definition) is 3. The van der Waals surface area contributed by atoms with Gasteiger partial charge in [0.15, 0.2) is 0 Å². The van der Waals surface area contributed by atoms with Crippen molar-refractivity contribution in [3.63, 3.8) is 0 Å². The molecule has 1 aromatic carbocycles. The third kappa shape index (κ3) is 1.40. The van der Waals surface area contributed by atoms with Crippen molar-refractivity contribution in [2.75, 3.05) is 13.6 Å². The first-order valence-electron chi connectivity index (χ1n) is 5.99. The quantitative estimate of drug-likeness (QED) is 0.639. The summed E-state index contributed by atoms with van der Waals surface area (Å²) in [6.07, 6.45) is 3.55. The van der Waals surface area contributed by atoms with E-state index in [4.69, 9.17) is 0 Å². The van der Waals surface area contributed by atoms with Crippen LogP contribution in [0.3, 0.4) is 0 Å². The Morgan fingerprint density at radius 3 is 2.71 bits per heavy atom. The van der Waals surface area contributed by atoms with Crippen LogP contribution in [0.15, 0.2) is 24.3 Å². The second-order valence-corrected chi connectivity index (χ2v) is 5.65. The van der Waals surface area contributed by atoms with Gasteiger partial charge in [-0.25, -0.2) is 0 Å². The SMILES string of the molecule is CNCC12CC(c3cccc([N+](=O)[O-])c3)(C1)C2. The van der Waals surface area contributed by atoms with Gasteiger partial charge in [0.25, 0.3) is 5.69 Å². The Hall–Kier alpha value is -1.42. The van der Waals surface area contributed by atoms with E-state index in [-0.39, 0.29) is 16.0 Å². The molecule has 0 spiro atoms. The first kappa shape index (κ1) is 10.7. The van der Waals surface area contributed by atoms with Crippen molar-refractivity contribution in [2.45, 2.75) is 24.7 Å². The first-order valence-corrected chi connectivity index (χ1v) is 5.99. The lowest BCUT2D eigenvalue weighted by molar-refractivity contribution is -0.385. The summed E-state index contributed by atoms with van der Waals surface area (Å²) < 4.78 is 0. The molecule has 0 atom stereocenters. The molecular formula is C13H16N2O2. The smallest absolute Gasteiger partial charge is 0.269 e. The molecule has 1 N–H and O–H groups in total. The van der Waals surface area contributed by atoms with Gasteiger partial charge in [0, 0.05) is 18.7 Å². The maximum atomic E-state index is 10.8. The lowest BCUT2D eigenvalue weighted by Gasteiger charge is -2.71. The summed E-state index contributed by atoms with van der Waals surface area (Å²) >= 11 is 0. The Balaban J connectivity index is 1.80. The second kappa shape index (κ2) is 3.29. The molecule has 4 nitrogen and oxygen atoms in total. The van der Waals surface area contributed by atoms with E-state index in [1.165, 1.54) is 19.3 Å². The highest BCUT2D eigenvalue weighted by molar-refractivity contribution is 5.44. The fourth-order valence-corrected chi connectivity index (χ4v) is 3.82. The zero-order valence-electron chi connectivity index (χ0n) is 9.90. The van der Waals surface area contributed by atoms with Gasteiger partial charge in [-0.2, -0.15) is 0 Å². The fourth-order valence-electron chi connectivity index (χ4n) is 3.82. The van der Waals surface area contributed by atoms with Crippen LogP contribution in [0.1, 0.15) is 24.8 Å². The van der Waals surface area contributed by atoms with Gasteiger partial charge in [-0.05, 0) is 42.7 Å². The summed E-state index contributed by atoms with van der Waals surface area (Å²) in [4.78, 5) is 10.5. The lowest BCUT2D eigenvalue weighted by atomic mass is 9.33. The van der Waals surface area contributed by atoms with E-state index in [9.17, 15) is 10.1 Å². The van der Waals surface area contributed by atoms with Crippen LogP contribution < -0.4 is 5.32 Å². The minimum absolute atomic E-state index is 0.217. The minimum atomic E-state index is -0.307. The van der Waals surface area contributed by atoms with Crippen LogP contribution in [0.4, 0.5) is 5.69 Å². The molecule has 3 aliphatic carbocycles. The zero-order chi connectivity index (χ0) is 12.1. The Morgan fingerprint density at radius 2 is 2.12 bits per heavy atom.